The van der Waals surface area contributed by atoms with Crippen molar-refractivity contribution in [1.82, 2.24) is 9.97 Å². The highest BCUT2D eigenvalue weighted by Crippen LogP contribution is 2.07. The van der Waals surface area contributed by atoms with Crippen LogP contribution in [0, 0.1) is 5.95 Å². The average molecular weight is 173 g/mol. The largest absolute Gasteiger partial charge is 0.481 e. The van der Waals surface area contributed by atoms with Gasteiger partial charge in [-0.1, -0.05) is 0 Å². The molecule has 1 heterocycles. The van der Waals surface area contributed by atoms with Gasteiger partial charge in [0.2, 0.25) is 5.95 Å². The summed E-state index contributed by atoms with van der Waals surface area (Å²) >= 11 is 0. The number of aromatic nitrogens is 2. The number of aromatic amines is 1. The highest BCUT2D eigenvalue weighted by molar-refractivity contribution is 5.66. The molecular formula is C6H8FN3O2. The highest BCUT2D eigenvalue weighted by atomic mass is 19.1. The zero-order valence-electron chi connectivity index (χ0n) is 6.17. The lowest BCUT2D eigenvalue weighted by atomic mass is 10.2. The van der Waals surface area contributed by atoms with Crippen molar-refractivity contribution in [2.75, 3.05) is 5.73 Å². The van der Waals surface area contributed by atoms with Crippen molar-refractivity contribution >= 4 is 11.9 Å². The van der Waals surface area contributed by atoms with Gasteiger partial charge in [-0.3, -0.25) is 4.79 Å². The van der Waals surface area contributed by atoms with Crippen LogP contribution in [0.2, 0.25) is 0 Å². The monoisotopic (exact) mass is 173 g/mol. The molecule has 0 unspecified atom stereocenters. The highest BCUT2D eigenvalue weighted by Gasteiger charge is 2.08. The Hall–Kier alpha value is -1.59. The number of carboxylic acids is 1. The number of rotatable bonds is 3. The van der Waals surface area contributed by atoms with Gasteiger partial charge in [0, 0.05) is 6.42 Å². The van der Waals surface area contributed by atoms with E-state index in [0.29, 0.717) is 0 Å². The lowest BCUT2D eigenvalue weighted by Gasteiger charge is -1.91. The van der Waals surface area contributed by atoms with Crippen molar-refractivity contribution in [3.05, 3.63) is 11.6 Å². The van der Waals surface area contributed by atoms with Gasteiger partial charge in [0.1, 0.15) is 0 Å². The topological polar surface area (TPSA) is 92.0 Å². The molecule has 5 nitrogen and oxygen atoms in total. The molecule has 0 fully saturated rings. The van der Waals surface area contributed by atoms with Crippen LogP contribution in [0.1, 0.15) is 12.1 Å². The number of H-pyrrole nitrogens is 1. The molecule has 0 bridgehead atoms. The van der Waals surface area contributed by atoms with Crippen molar-refractivity contribution in [3.8, 4) is 0 Å². The first-order valence-corrected chi connectivity index (χ1v) is 3.31. The van der Waals surface area contributed by atoms with E-state index in [1.165, 1.54) is 0 Å². The Balaban J connectivity index is 2.62. The molecule has 12 heavy (non-hydrogen) atoms. The van der Waals surface area contributed by atoms with E-state index in [4.69, 9.17) is 10.8 Å². The number of carbonyl (C=O) groups is 1. The van der Waals surface area contributed by atoms with Gasteiger partial charge in [0.05, 0.1) is 12.1 Å². The van der Waals surface area contributed by atoms with Crippen LogP contribution in [0.4, 0.5) is 10.3 Å². The lowest BCUT2D eigenvalue weighted by Crippen LogP contribution is -1.99. The molecule has 66 valence electrons. The Morgan fingerprint density at radius 2 is 2.42 bits per heavy atom. The van der Waals surface area contributed by atoms with Crippen molar-refractivity contribution in [3.63, 3.8) is 0 Å². The Morgan fingerprint density at radius 3 is 2.83 bits per heavy atom. The summed E-state index contributed by atoms with van der Waals surface area (Å²) < 4.78 is 12.6. The maximum Gasteiger partial charge on any atom is 0.303 e. The quantitative estimate of drug-likeness (QED) is 0.606. The number of hydrogen-bond acceptors (Lipinski definition) is 3. The minimum atomic E-state index is -0.984. The Kier molecular flexibility index (Phi) is 2.27. The SMILES string of the molecule is Nc1nc(F)c(CCC(=O)O)[nH]1. The summed E-state index contributed by atoms with van der Waals surface area (Å²) in [5, 5.41) is 8.28. The standard InChI is InChI=1S/C6H8FN3O2/c7-5-3(1-2-4(11)12)9-6(8)10-5/h1-2H2,(H,11,12)(H3,8,9,10). The van der Waals surface area contributed by atoms with Crippen LogP contribution in [0.25, 0.3) is 0 Å². The zero-order valence-corrected chi connectivity index (χ0v) is 6.17. The van der Waals surface area contributed by atoms with E-state index in [1.807, 2.05) is 0 Å². The molecule has 0 spiro atoms. The number of imidazole rings is 1. The predicted molar refractivity (Wildman–Crippen MR) is 38.9 cm³/mol. The van der Waals surface area contributed by atoms with E-state index >= 15 is 0 Å². The number of aliphatic carboxylic acids is 1. The fourth-order valence-corrected chi connectivity index (χ4v) is 0.805. The first-order chi connectivity index (χ1) is 5.59. The van der Waals surface area contributed by atoms with E-state index < -0.39 is 11.9 Å². The number of nitrogen functional groups attached to an aromatic ring is 1. The van der Waals surface area contributed by atoms with Gasteiger partial charge >= 0.3 is 5.97 Å². The van der Waals surface area contributed by atoms with E-state index in [1.54, 1.807) is 0 Å². The van der Waals surface area contributed by atoms with Crippen molar-refractivity contribution in [2.24, 2.45) is 0 Å². The van der Waals surface area contributed by atoms with Crippen LogP contribution >= 0.6 is 0 Å². The van der Waals surface area contributed by atoms with Crippen molar-refractivity contribution < 1.29 is 14.3 Å². The molecular weight excluding hydrogens is 165 g/mol. The molecule has 0 radical (unpaired) electrons. The molecule has 1 rings (SSSR count). The second-order valence-corrected chi connectivity index (χ2v) is 2.29. The van der Waals surface area contributed by atoms with Gasteiger partial charge in [-0.15, -0.1) is 0 Å². The molecule has 0 aliphatic carbocycles. The van der Waals surface area contributed by atoms with Gasteiger partial charge < -0.3 is 15.8 Å². The summed E-state index contributed by atoms with van der Waals surface area (Å²) in [6, 6.07) is 0. The molecule has 6 heteroatoms. The molecule has 0 atom stereocenters. The fourth-order valence-electron chi connectivity index (χ4n) is 0.805. The molecule has 0 aliphatic heterocycles. The van der Waals surface area contributed by atoms with Gasteiger partial charge in [-0.2, -0.15) is 9.37 Å². The molecule has 0 aliphatic rings. The number of nitrogens with zero attached hydrogens (tertiary/aromatic N) is 1. The predicted octanol–water partition coefficient (Wildman–Crippen LogP) is 0.148. The summed E-state index contributed by atoms with van der Waals surface area (Å²) in [5.41, 5.74) is 5.27. The molecule has 0 saturated carbocycles. The van der Waals surface area contributed by atoms with E-state index in [-0.39, 0.29) is 24.5 Å². The minimum absolute atomic E-state index is 0.0344. The van der Waals surface area contributed by atoms with Crippen LogP contribution in [0.5, 0.6) is 0 Å². The third-order valence-electron chi connectivity index (χ3n) is 1.34. The Morgan fingerprint density at radius 1 is 1.75 bits per heavy atom. The van der Waals surface area contributed by atoms with Crippen molar-refractivity contribution in [2.45, 2.75) is 12.8 Å². The maximum absolute atomic E-state index is 12.6. The van der Waals surface area contributed by atoms with Crippen LogP contribution < -0.4 is 5.73 Å². The molecule has 4 N–H and O–H groups in total. The number of anilines is 1. The van der Waals surface area contributed by atoms with Crippen LogP contribution in [0.15, 0.2) is 0 Å². The van der Waals surface area contributed by atoms with Gasteiger partial charge in [0.15, 0.2) is 5.95 Å². The maximum atomic E-state index is 12.6. The molecule has 1 aromatic rings. The molecule has 0 amide bonds. The van der Waals surface area contributed by atoms with E-state index in [0.717, 1.165) is 0 Å². The summed E-state index contributed by atoms with van der Waals surface area (Å²) in [5.74, 6) is -1.75. The Bertz CT molecular complexity index is 297. The molecule has 0 saturated heterocycles. The average Bonchev–Trinajstić information content (AvgIpc) is 2.26. The number of hydrogen-bond donors (Lipinski definition) is 3. The third kappa shape index (κ3) is 1.94. The molecule has 1 aromatic heterocycles. The van der Waals surface area contributed by atoms with E-state index in [9.17, 15) is 9.18 Å². The Labute approximate surface area is 67.4 Å². The summed E-state index contributed by atoms with van der Waals surface area (Å²) in [6.07, 6.45) is -0.0656. The second-order valence-electron chi connectivity index (χ2n) is 2.29. The second kappa shape index (κ2) is 3.21. The normalized spacial score (nSPS) is 10.1. The van der Waals surface area contributed by atoms with Crippen LogP contribution in [0.3, 0.4) is 0 Å². The molecule has 0 aromatic carbocycles. The van der Waals surface area contributed by atoms with Gasteiger partial charge in [-0.25, -0.2) is 0 Å². The first-order valence-electron chi connectivity index (χ1n) is 3.31. The smallest absolute Gasteiger partial charge is 0.303 e. The summed E-state index contributed by atoms with van der Waals surface area (Å²) in [6.45, 7) is 0. The number of nitrogens with one attached hydrogen (secondary N) is 1. The summed E-state index contributed by atoms with van der Waals surface area (Å²) in [7, 11) is 0. The fraction of sp³-hybridized carbons (Fsp3) is 0.333. The number of halogens is 1. The number of carboxylic acid groups (broad SMARTS) is 1. The summed E-state index contributed by atoms with van der Waals surface area (Å²) in [4.78, 5) is 15.8. The lowest BCUT2D eigenvalue weighted by molar-refractivity contribution is -0.136. The minimum Gasteiger partial charge on any atom is -0.481 e. The van der Waals surface area contributed by atoms with Crippen LogP contribution in [-0.4, -0.2) is 21.0 Å². The van der Waals surface area contributed by atoms with E-state index in [2.05, 4.69) is 9.97 Å². The van der Waals surface area contributed by atoms with Crippen LogP contribution in [-0.2, 0) is 11.2 Å². The zero-order chi connectivity index (χ0) is 9.14. The van der Waals surface area contributed by atoms with Gasteiger partial charge in [0.25, 0.3) is 0 Å². The number of nitrogens with two attached hydrogens (primary N) is 1. The third-order valence-corrected chi connectivity index (χ3v) is 1.34. The number of aryl methyl sites for hydroxylation is 1. The first kappa shape index (κ1) is 8.51. The van der Waals surface area contributed by atoms with Gasteiger partial charge in [-0.05, 0) is 0 Å². The van der Waals surface area contributed by atoms with Crippen molar-refractivity contribution in [1.29, 1.82) is 0 Å².